The van der Waals surface area contributed by atoms with Crippen LogP contribution in [0.2, 0.25) is 0 Å². The van der Waals surface area contributed by atoms with Gasteiger partial charge in [0.1, 0.15) is 11.5 Å². The van der Waals surface area contributed by atoms with Crippen molar-refractivity contribution >= 4 is 17.5 Å². The third-order valence-electron chi connectivity index (χ3n) is 4.13. The Morgan fingerprint density at radius 3 is 2.71 bits per heavy atom. The highest BCUT2D eigenvalue weighted by molar-refractivity contribution is 6.08. The number of nitrogens with one attached hydrogen (secondary N) is 2. The number of carbonyl (C=O) groups is 2. The lowest BCUT2D eigenvalue weighted by molar-refractivity contribution is -0.0514. The average Bonchev–Trinajstić information content (AvgIpc) is 3.37. The second-order valence-electron chi connectivity index (χ2n) is 6.22. The van der Waals surface area contributed by atoms with Crippen molar-refractivity contribution in [3.8, 4) is 11.5 Å². The van der Waals surface area contributed by atoms with Crippen LogP contribution in [0.3, 0.4) is 0 Å². The smallest absolute Gasteiger partial charge is 0.387 e. The molecule has 2 heterocycles. The van der Waals surface area contributed by atoms with Gasteiger partial charge >= 0.3 is 6.61 Å². The highest BCUT2D eigenvalue weighted by atomic mass is 19.3. The van der Waals surface area contributed by atoms with Gasteiger partial charge in [-0.1, -0.05) is 0 Å². The monoisotopic (exact) mass is 434 g/mol. The van der Waals surface area contributed by atoms with Crippen LogP contribution in [-0.2, 0) is 13.6 Å². The van der Waals surface area contributed by atoms with E-state index in [-0.39, 0.29) is 41.6 Å². The van der Waals surface area contributed by atoms with Crippen LogP contribution in [0, 0.1) is 0 Å². The topological polar surface area (TPSA) is 108 Å². The predicted molar refractivity (Wildman–Crippen MR) is 105 cm³/mol. The van der Waals surface area contributed by atoms with Gasteiger partial charge in [-0.2, -0.15) is 13.9 Å². The Bertz CT molecular complexity index is 1050. The largest absolute Gasteiger partial charge is 0.490 e. The number of carbonyl (C=O) groups excluding carboxylic acids is 2. The van der Waals surface area contributed by atoms with Gasteiger partial charge in [-0.05, 0) is 37.3 Å². The Kier molecular flexibility index (Phi) is 6.85. The van der Waals surface area contributed by atoms with Crippen molar-refractivity contribution in [2.45, 2.75) is 20.1 Å². The van der Waals surface area contributed by atoms with Crippen LogP contribution in [-0.4, -0.2) is 34.8 Å². The summed E-state index contributed by atoms with van der Waals surface area (Å²) < 4.78 is 41.3. The van der Waals surface area contributed by atoms with Gasteiger partial charge in [-0.3, -0.25) is 14.3 Å². The fourth-order valence-corrected chi connectivity index (χ4v) is 2.77. The summed E-state index contributed by atoms with van der Waals surface area (Å²) >= 11 is 0. The summed E-state index contributed by atoms with van der Waals surface area (Å²) in [5.41, 5.74) is 0.425. The first-order valence-corrected chi connectivity index (χ1v) is 9.24. The molecule has 9 nitrogen and oxygen atoms in total. The number of anilines is 1. The van der Waals surface area contributed by atoms with Crippen LogP contribution in [0.1, 0.15) is 33.5 Å². The van der Waals surface area contributed by atoms with Crippen molar-refractivity contribution in [1.82, 2.24) is 15.1 Å². The number of hydrogen-bond acceptors (Lipinski definition) is 6. The van der Waals surface area contributed by atoms with Gasteiger partial charge in [-0.15, -0.1) is 0 Å². The zero-order valence-corrected chi connectivity index (χ0v) is 16.7. The number of aryl methyl sites for hydroxylation is 1. The van der Waals surface area contributed by atoms with Crippen LogP contribution in [0.5, 0.6) is 11.5 Å². The first kappa shape index (κ1) is 21.8. The molecule has 164 valence electrons. The van der Waals surface area contributed by atoms with Gasteiger partial charge < -0.3 is 24.5 Å². The molecule has 0 spiro atoms. The van der Waals surface area contributed by atoms with Crippen molar-refractivity contribution in [3.05, 3.63) is 59.8 Å². The third-order valence-corrected chi connectivity index (χ3v) is 4.13. The molecule has 3 rings (SSSR count). The number of rotatable bonds is 9. The number of nitrogens with zero attached hydrogens (tertiary/aromatic N) is 2. The van der Waals surface area contributed by atoms with Gasteiger partial charge in [0.05, 0.1) is 31.3 Å². The molecule has 0 aliphatic rings. The molecular formula is C20H20F2N4O5. The maximum Gasteiger partial charge on any atom is 0.387 e. The summed E-state index contributed by atoms with van der Waals surface area (Å²) in [4.78, 5) is 25.3. The number of halogens is 2. The van der Waals surface area contributed by atoms with E-state index in [1.807, 2.05) is 0 Å². The van der Waals surface area contributed by atoms with E-state index >= 15 is 0 Å². The SMILES string of the molecule is CCOc1cc(C(=O)Nc2cnn(C)c2C(=O)NCc2ccco2)ccc1OC(F)F. The number of aromatic nitrogens is 2. The molecule has 2 N–H and O–H groups in total. The van der Waals surface area contributed by atoms with Crippen LogP contribution in [0.4, 0.5) is 14.5 Å². The molecular weight excluding hydrogens is 414 g/mol. The third kappa shape index (κ3) is 5.38. The molecule has 2 aromatic heterocycles. The second kappa shape index (κ2) is 9.74. The summed E-state index contributed by atoms with van der Waals surface area (Å²) in [5.74, 6) is -0.679. The van der Waals surface area contributed by atoms with Crippen molar-refractivity contribution < 1.29 is 32.3 Å². The second-order valence-corrected chi connectivity index (χ2v) is 6.22. The minimum Gasteiger partial charge on any atom is -0.490 e. The Morgan fingerprint density at radius 1 is 1.23 bits per heavy atom. The molecule has 1 aromatic carbocycles. The minimum atomic E-state index is -3.03. The highest BCUT2D eigenvalue weighted by Gasteiger charge is 2.20. The van der Waals surface area contributed by atoms with E-state index in [1.54, 1.807) is 26.1 Å². The predicted octanol–water partition coefficient (Wildman–Crippen LogP) is 3.20. The first-order chi connectivity index (χ1) is 14.9. The van der Waals surface area contributed by atoms with Gasteiger partial charge in [0.25, 0.3) is 11.8 Å². The summed E-state index contributed by atoms with van der Waals surface area (Å²) in [6, 6.07) is 7.22. The van der Waals surface area contributed by atoms with Crippen molar-refractivity contribution in [3.63, 3.8) is 0 Å². The van der Waals surface area contributed by atoms with Gasteiger partial charge in [0, 0.05) is 12.6 Å². The highest BCUT2D eigenvalue weighted by Crippen LogP contribution is 2.30. The van der Waals surface area contributed by atoms with E-state index in [1.165, 1.54) is 35.3 Å². The quantitative estimate of drug-likeness (QED) is 0.536. The Morgan fingerprint density at radius 2 is 2.03 bits per heavy atom. The molecule has 2 amide bonds. The van der Waals surface area contributed by atoms with Crippen LogP contribution in [0.15, 0.2) is 47.2 Å². The summed E-state index contributed by atoms with van der Waals surface area (Å²) in [7, 11) is 1.56. The molecule has 0 atom stereocenters. The molecule has 3 aromatic rings. The standard InChI is InChI=1S/C20H20F2N4O5/c1-3-29-16-9-12(6-7-15(16)31-20(21)22)18(27)25-14-11-24-26(2)17(14)19(28)23-10-13-5-4-8-30-13/h4-9,11,20H,3,10H2,1-2H3,(H,23,28)(H,25,27). The maximum absolute atomic E-state index is 12.7. The molecule has 0 aliphatic heterocycles. The number of ether oxygens (including phenoxy) is 2. The lowest BCUT2D eigenvalue weighted by atomic mass is 10.2. The Hall–Kier alpha value is -3.89. The minimum absolute atomic E-state index is 0.00180. The van der Waals surface area contributed by atoms with Crippen LogP contribution < -0.4 is 20.1 Å². The van der Waals surface area contributed by atoms with E-state index in [0.29, 0.717) is 5.76 Å². The fraction of sp³-hybridized carbons (Fsp3) is 0.250. The molecule has 31 heavy (non-hydrogen) atoms. The lowest BCUT2D eigenvalue weighted by Gasteiger charge is -2.13. The number of furan rings is 1. The zero-order chi connectivity index (χ0) is 22.4. The molecule has 0 saturated carbocycles. The number of amides is 2. The average molecular weight is 434 g/mol. The fourth-order valence-electron chi connectivity index (χ4n) is 2.77. The molecule has 0 unspecified atom stereocenters. The van der Waals surface area contributed by atoms with Gasteiger partial charge in [-0.25, -0.2) is 0 Å². The van der Waals surface area contributed by atoms with E-state index in [9.17, 15) is 18.4 Å². The van der Waals surface area contributed by atoms with Crippen LogP contribution >= 0.6 is 0 Å². The molecule has 0 aliphatic carbocycles. The number of alkyl halides is 2. The molecule has 11 heteroatoms. The van der Waals surface area contributed by atoms with E-state index in [4.69, 9.17) is 9.15 Å². The summed E-state index contributed by atoms with van der Waals surface area (Å²) in [6.45, 7) is -1.01. The normalized spacial score (nSPS) is 10.7. The first-order valence-electron chi connectivity index (χ1n) is 9.24. The number of benzene rings is 1. The zero-order valence-electron chi connectivity index (χ0n) is 16.7. The van der Waals surface area contributed by atoms with Gasteiger partial charge in [0.15, 0.2) is 11.5 Å². The number of hydrogen-bond donors (Lipinski definition) is 2. The Balaban J connectivity index is 1.76. The molecule has 0 saturated heterocycles. The van der Waals surface area contributed by atoms with Crippen LogP contribution in [0.25, 0.3) is 0 Å². The molecule has 0 bridgehead atoms. The summed E-state index contributed by atoms with van der Waals surface area (Å²) in [6.07, 6.45) is 2.82. The lowest BCUT2D eigenvalue weighted by Crippen LogP contribution is -2.26. The van der Waals surface area contributed by atoms with E-state index in [0.717, 1.165) is 0 Å². The van der Waals surface area contributed by atoms with E-state index in [2.05, 4.69) is 20.5 Å². The summed E-state index contributed by atoms with van der Waals surface area (Å²) in [5, 5.41) is 9.29. The van der Waals surface area contributed by atoms with Gasteiger partial charge in [0.2, 0.25) is 0 Å². The molecule has 0 radical (unpaired) electrons. The Labute approximate surface area is 175 Å². The van der Waals surface area contributed by atoms with Crippen molar-refractivity contribution in [1.29, 1.82) is 0 Å². The van der Waals surface area contributed by atoms with E-state index < -0.39 is 18.4 Å². The van der Waals surface area contributed by atoms with Crippen molar-refractivity contribution in [2.24, 2.45) is 7.05 Å². The molecule has 0 fully saturated rings. The maximum atomic E-state index is 12.7. The van der Waals surface area contributed by atoms with Crippen molar-refractivity contribution in [2.75, 3.05) is 11.9 Å².